The summed E-state index contributed by atoms with van der Waals surface area (Å²) in [4.78, 5) is 20.0. The van der Waals surface area contributed by atoms with Crippen molar-refractivity contribution in [2.75, 3.05) is 13.7 Å². The third-order valence-corrected chi connectivity index (χ3v) is 5.26. The normalized spacial score (nSPS) is 18.8. The lowest BCUT2D eigenvalue weighted by Gasteiger charge is -2.25. The van der Waals surface area contributed by atoms with Crippen molar-refractivity contribution < 1.29 is 13.9 Å². The third-order valence-electron chi connectivity index (χ3n) is 4.16. The number of likely N-dealkylation sites (tertiary alicyclic amines) is 1. The molecule has 1 N–H and O–H groups in total. The van der Waals surface area contributed by atoms with Crippen LogP contribution < -0.4 is 5.32 Å². The van der Waals surface area contributed by atoms with Gasteiger partial charge >= 0.3 is 6.03 Å². The van der Waals surface area contributed by atoms with Gasteiger partial charge in [0, 0.05) is 24.7 Å². The summed E-state index contributed by atoms with van der Waals surface area (Å²) in [6.07, 6.45) is 3.72. The number of hydrogen-bond acceptors (Lipinski definition) is 5. The Hall–Kier alpha value is -1.86. The second-order valence-corrected chi connectivity index (χ2v) is 7.34. The molecule has 2 atom stereocenters. The van der Waals surface area contributed by atoms with Crippen LogP contribution in [0.15, 0.2) is 22.7 Å². The summed E-state index contributed by atoms with van der Waals surface area (Å²) in [5.74, 6) is 1.61. The van der Waals surface area contributed by atoms with E-state index in [1.54, 1.807) is 18.4 Å². The van der Waals surface area contributed by atoms with E-state index in [4.69, 9.17) is 9.15 Å². The number of urea groups is 1. The average molecular weight is 349 g/mol. The minimum Gasteiger partial charge on any atom is -0.461 e. The van der Waals surface area contributed by atoms with E-state index in [1.165, 1.54) is 0 Å². The van der Waals surface area contributed by atoms with E-state index in [9.17, 15) is 4.79 Å². The minimum absolute atomic E-state index is 0.0131. The molecule has 3 rings (SSSR count). The van der Waals surface area contributed by atoms with Gasteiger partial charge in [0.2, 0.25) is 0 Å². The Morgan fingerprint density at radius 3 is 3.12 bits per heavy atom. The van der Waals surface area contributed by atoms with Crippen LogP contribution in [-0.2, 0) is 11.3 Å². The number of amides is 2. The second-order valence-electron chi connectivity index (χ2n) is 6.07. The molecule has 2 aromatic heterocycles. The Morgan fingerprint density at radius 1 is 1.58 bits per heavy atom. The first-order chi connectivity index (χ1) is 11.6. The number of carbonyl (C=O) groups is 1. The fourth-order valence-corrected chi connectivity index (χ4v) is 3.78. The van der Waals surface area contributed by atoms with Crippen LogP contribution in [0.25, 0.3) is 0 Å². The van der Waals surface area contributed by atoms with Crippen molar-refractivity contribution in [2.45, 2.75) is 45.4 Å². The number of carbonyl (C=O) groups excluding carboxylic acids is 1. The lowest BCUT2D eigenvalue weighted by atomic mass is 10.2. The van der Waals surface area contributed by atoms with Gasteiger partial charge in [0.15, 0.2) is 0 Å². The summed E-state index contributed by atoms with van der Waals surface area (Å²) in [6, 6.07) is 3.67. The number of nitrogens with zero attached hydrogens (tertiary/aromatic N) is 2. The van der Waals surface area contributed by atoms with E-state index in [1.807, 2.05) is 37.1 Å². The molecule has 0 aliphatic carbocycles. The van der Waals surface area contributed by atoms with E-state index in [2.05, 4.69) is 10.3 Å². The molecule has 1 aliphatic rings. The highest BCUT2D eigenvalue weighted by Gasteiger charge is 2.33. The van der Waals surface area contributed by atoms with Gasteiger partial charge < -0.3 is 19.4 Å². The predicted molar refractivity (Wildman–Crippen MR) is 91.9 cm³/mol. The molecule has 1 fully saturated rings. The highest BCUT2D eigenvalue weighted by atomic mass is 32.1. The smallest absolute Gasteiger partial charge is 0.318 e. The lowest BCUT2D eigenvalue weighted by Crippen LogP contribution is -2.40. The van der Waals surface area contributed by atoms with Gasteiger partial charge in [0.1, 0.15) is 23.1 Å². The molecule has 1 saturated heterocycles. The van der Waals surface area contributed by atoms with Crippen molar-refractivity contribution in [3.63, 3.8) is 0 Å². The summed E-state index contributed by atoms with van der Waals surface area (Å²) < 4.78 is 10.9. The SMILES string of the molecule is COCc1ccc([C@H]2CCCN2C(=O)N[C@@H](C)c2ncc(C)s2)o1. The number of hydrogen-bond donors (Lipinski definition) is 1. The zero-order chi connectivity index (χ0) is 17.1. The monoisotopic (exact) mass is 349 g/mol. The Labute approximate surface area is 145 Å². The zero-order valence-electron chi connectivity index (χ0n) is 14.2. The van der Waals surface area contributed by atoms with Gasteiger partial charge in [-0.15, -0.1) is 11.3 Å². The van der Waals surface area contributed by atoms with Crippen LogP contribution in [0.5, 0.6) is 0 Å². The molecule has 1 aliphatic heterocycles. The van der Waals surface area contributed by atoms with Crippen molar-refractivity contribution >= 4 is 17.4 Å². The Morgan fingerprint density at radius 2 is 2.42 bits per heavy atom. The molecule has 130 valence electrons. The Bertz CT molecular complexity index is 697. The Balaban J connectivity index is 1.66. The highest BCUT2D eigenvalue weighted by molar-refractivity contribution is 7.11. The van der Waals surface area contributed by atoms with Crippen LogP contribution in [0.1, 0.15) is 53.3 Å². The van der Waals surface area contributed by atoms with Crippen molar-refractivity contribution in [3.05, 3.63) is 39.7 Å². The lowest BCUT2D eigenvalue weighted by molar-refractivity contribution is 0.155. The quantitative estimate of drug-likeness (QED) is 0.891. The maximum Gasteiger partial charge on any atom is 0.318 e. The largest absolute Gasteiger partial charge is 0.461 e. The number of furan rings is 1. The van der Waals surface area contributed by atoms with Gasteiger partial charge in [0.25, 0.3) is 0 Å². The number of aryl methyl sites for hydroxylation is 1. The average Bonchev–Trinajstić information content (AvgIpc) is 3.26. The molecule has 0 bridgehead atoms. The maximum atomic E-state index is 12.7. The standard InChI is InChI=1S/C17H23N3O3S/c1-11-9-18-16(24-11)12(2)19-17(21)20-8-4-5-14(20)15-7-6-13(23-15)10-22-3/h6-7,9,12,14H,4-5,8,10H2,1-3H3,(H,19,21)/t12-,14+/m0/s1. The van der Waals surface area contributed by atoms with Crippen LogP contribution >= 0.6 is 11.3 Å². The summed E-state index contributed by atoms with van der Waals surface area (Å²) in [5, 5.41) is 3.98. The topological polar surface area (TPSA) is 67.6 Å². The third kappa shape index (κ3) is 3.62. The van der Waals surface area contributed by atoms with Crippen LogP contribution in [0, 0.1) is 6.92 Å². The maximum absolute atomic E-state index is 12.7. The van der Waals surface area contributed by atoms with E-state index in [0.29, 0.717) is 6.61 Å². The molecule has 24 heavy (non-hydrogen) atoms. The van der Waals surface area contributed by atoms with E-state index >= 15 is 0 Å². The van der Waals surface area contributed by atoms with Crippen molar-refractivity contribution in [1.29, 1.82) is 0 Å². The van der Waals surface area contributed by atoms with Gasteiger partial charge in [0.05, 0.1) is 12.1 Å². The summed E-state index contributed by atoms with van der Waals surface area (Å²) in [5.41, 5.74) is 0. The zero-order valence-corrected chi connectivity index (χ0v) is 15.1. The van der Waals surface area contributed by atoms with Crippen LogP contribution in [-0.4, -0.2) is 29.6 Å². The molecule has 3 heterocycles. The minimum atomic E-state index is -0.0990. The molecule has 2 aromatic rings. The Kier molecular flexibility index (Phi) is 5.20. The fourth-order valence-electron chi connectivity index (χ4n) is 3.00. The molecule has 0 spiro atoms. The molecule has 7 heteroatoms. The number of rotatable bonds is 5. The predicted octanol–water partition coefficient (Wildman–Crippen LogP) is 3.80. The first-order valence-corrected chi connectivity index (χ1v) is 8.97. The van der Waals surface area contributed by atoms with Crippen molar-refractivity contribution in [1.82, 2.24) is 15.2 Å². The summed E-state index contributed by atoms with van der Waals surface area (Å²) in [7, 11) is 1.64. The number of aromatic nitrogens is 1. The number of ether oxygens (including phenoxy) is 1. The number of nitrogens with one attached hydrogen (secondary N) is 1. The molecule has 0 saturated carbocycles. The highest BCUT2D eigenvalue weighted by Crippen LogP contribution is 2.33. The van der Waals surface area contributed by atoms with Crippen LogP contribution in [0.2, 0.25) is 0 Å². The molecule has 0 unspecified atom stereocenters. The van der Waals surface area contributed by atoms with Gasteiger partial charge in [-0.2, -0.15) is 0 Å². The molecule has 0 aromatic carbocycles. The van der Waals surface area contributed by atoms with Gasteiger partial charge in [-0.05, 0) is 38.8 Å². The van der Waals surface area contributed by atoms with Gasteiger partial charge in [-0.3, -0.25) is 0 Å². The fraction of sp³-hybridized carbons (Fsp3) is 0.529. The number of methoxy groups -OCH3 is 1. The van der Waals surface area contributed by atoms with E-state index in [-0.39, 0.29) is 18.1 Å². The molecule has 6 nitrogen and oxygen atoms in total. The first-order valence-electron chi connectivity index (χ1n) is 8.15. The van der Waals surface area contributed by atoms with E-state index < -0.39 is 0 Å². The molecule has 2 amide bonds. The van der Waals surface area contributed by atoms with Crippen molar-refractivity contribution in [2.24, 2.45) is 0 Å². The molecule has 0 radical (unpaired) electrons. The summed E-state index contributed by atoms with van der Waals surface area (Å²) >= 11 is 1.61. The summed E-state index contributed by atoms with van der Waals surface area (Å²) in [6.45, 7) is 5.16. The van der Waals surface area contributed by atoms with Gasteiger partial charge in [-0.25, -0.2) is 9.78 Å². The van der Waals surface area contributed by atoms with Crippen LogP contribution in [0.4, 0.5) is 4.79 Å². The van der Waals surface area contributed by atoms with E-state index in [0.717, 1.165) is 40.8 Å². The number of thiazole rings is 1. The van der Waals surface area contributed by atoms with Gasteiger partial charge in [-0.1, -0.05) is 0 Å². The van der Waals surface area contributed by atoms with Crippen LogP contribution in [0.3, 0.4) is 0 Å². The van der Waals surface area contributed by atoms with Crippen molar-refractivity contribution in [3.8, 4) is 0 Å². The molecular weight excluding hydrogens is 326 g/mol. The first kappa shape index (κ1) is 17.0. The molecular formula is C17H23N3O3S. The second kappa shape index (κ2) is 7.36.